The SMILES string of the molecule is CC(C)CC(C)Cc1nn[nH]n1. The van der Waals surface area contributed by atoms with Crippen LogP contribution in [-0.2, 0) is 6.42 Å². The zero-order valence-electron chi connectivity index (χ0n) is 7.91. The van der Waals surface area contributed by atoms with E-state index in [-0.39, 0.29) is 0 Å². The summed E-state index contributed by atoms with van der Waals surface area (Å²) in [6.07, 6.45) is 2.14. The summed E-state index contributed by atoms with van der Waals surface area (Å²) in [6.45, 7) is 6.68. The molecule has 1 aromatic rings. The molecule has 0 saturated heterocycles. The monoisotopic (exact) mass is 168 g/mol. The van der Waals surface area contributed by atoms with E-state index >= 15 is 0 Å². The molecule has 12 heavy (non-hydrogen) atoms. The highest BCUT2D eigenvalue weighted by Crippen LogP contribution is 2.13. The van der Waals surface area contributed by atoms with Gasteiger partial charge in [-0.3, -0.25) is 0 Å². The summed E-state index contributed by atoms with van der Waals surface area (Å²) in [7, 11) is 0. The molecular weight excluding hydrogens is 152 g/mol. The van der Waals surface area contributed by atoms with Gasteiger partial charge in [0.05, 0.1) is 0 Å². The van der Waals surface area contributed by atoms with Gasteiger partial charge in [0.15, 0.2) is 5.82 Å². The molecule has 1 rings (SSSR count). The minimum Gasteiger partial charge on any atom is -0.177 e. The Bertz CT molecular complexity index is 205. The van der Waals surface area contributed by atoms with E-state index in [1.165, 1.54) is 6.42 Å². The van der Waals surface area contributed by atoms with Crippen molar-refractivity contribution in [1.29, 1.82) is 0 Å². The Hall–Kier alpha value is -0.930. The molecule has 0 saturated carbocycles. The number of nitrogens with zero attached hydrogens (tertiary/aromatic N) is 3. The molecule has 0 aliphatic carbocycles. The fourth-order valence-electron chi connectivity index (χ4n) is 1.47. The molecule has 0 bridgehead atoms. The Morgan fingerprint density at radius 2 is 2.08 bits per heavy atom. The maximum atomic E-state index is 3.92. The highest BCUT2D eigenvalue weighted by atomic mass is 15.5. The van der Waals surface area contributed by atoms with Crippen molar-refractivity contribution in [2.45, 2.75) is 33.6 Å². The molecule has 1 N–H and O–H groups in total. The van der Waals surface area contributed by atoms with Crippen molar-refractivity contribution < 1.29 is 0 Å². The first kappa shape index (κ1) is 9.16. The van der Waals surface area contributed by atoms with E-state index in [2.05, 4.69) is 41.4 Å². The highest BCUT2D eigenvalue weighted by Gasteiger charge is 2.08. The predicted octanol–water partition coefficient (Wildman–Crippen LogP) is 1.42. The van der Waals surface area contributed by atoms with Gasteiger partial charge >= 0.3 is 0 Å². The topological polar surface area (TPSA) is 54.5 Å². The quantitative estimate of drug-likeness (QED) is 0.739. The van der Waals surface area contributed by atoms with Crippen LogP contribution in [0.25, 0.3) is 0 Å². The van der Waals surface area contributed by atoms with Crippen molar-refractivity contribution in [3.8, 4) is 0 Å². The molecule has 0 aliphatic rings. The maximum absolute atomic E-state index is 3.92. The van der Waals surface area contributed by atoms with E-state index in [0.717, 1.165) is 18.2 Å². The zero-order valence-corrected chi connectivity index (χ0v) is 7.91. The summed E-state index contributed by atoms with van der Waals surface area (Å²) in [6, 6.07) is 0. The van der Waals surface area contributed by atoms with Crippen LogP contribution >= 0.6 is 0 Å². The van der Waals surface area contributed by atoms with Gasteiger partial charge in [0.2, 0.25) is 0 Å². The molecule has 4 nitrogen and oxygen atoms in total. The molecule has 4 heteroatoms. The van der Waals surface area contributed by atoms with Crippen LogP contribution < -0.4 is 0 Å². The molecule has 1 heterocycles. The Kier molecular flexibility index (Phi) is 3.19. The van der Waals surface area contributed by atoms with Crippen molar-refractivity contribution in [3.63, 3.8) is 0 Å². The van der Waals surface area contributed by atoms with E-state index in [1.807, 2.05) is 0 Å². The lowest BCUT2D eigenvalue weighted by Crippen LogP contribution is -2.05. The minimum absolute atomic E-state index is 0.641. The molecule has 1 aromatic heterocycles. The van der Waals surface area contributed by atoms with Crippen LogP contribution in [0.1, 0.15) is 33.0 Å². The number of rotatable bonds is 4. The molecule has 1 atom stereocenters. The van der Waals surface area contributed by atoms with E-state index < -0.39 is 0 Å². The van der Waals surface area contributed by atoms with Crippen LogP contribution in [0.2, 0.25) is 0 Å². The maximum Gasteiger partial charge on any atom is 0.174 e. The van der Waals surface area contributed by atoms with Gasteiger partial charge < -0.3 is 0 Å². The number of aromatic amines is 1. The van der Waals surface area contributed by atoms with Crippen LogP contribution in [0, 0.1) is 11.8 Å². The Morgan fingerprint density at radius 3 is 2.58 bits per heavy atom. The van der Waals surface area contributed by atoms with Gasteiger partial charge in [-0.2, -0.15) is 5.21 Å². The lowest BCUT2D eigenvalue weighted by Gasteiger charge is -2.10. The van der Waals surface area contributed by atoms with E-state index in [0.29, 0.717) is 5.92 Å². The third-order valence-electron chi connectivity index (χ3n) is 1.79. The molecular formula is C8H16N4. The van der Waals surface area contributed by atoms with E-state index in [9.17, 15) is 0 Å². The average Bonchev–Trinajstić information content (AvgIpc) is 2.37. The molecule has 1 unspecified atom stereocenters. The fraction of sp³-hybridized carbons (Fsp3) is 0.875. The summed E-state index contributed by atoms with van der Waals surface area (Å²) >= 11 is 0. The highest BCUT2D eigenvalue weighted by molar-refractivity contribution is 4.78. The average molecular weight is 168 g/mol. The summed E-state index contributed by atoms with van der Waals surface area (Å²) in [5.74, 6) is 2.21. The van der Waals surface area contributed by atoms with Gasteiger partial charge in [-0.05, 0) is 18.3 Å². The molecule has 0 amide bonds. The van der Waals surface area contributed by atoms with Gasteiger partial charge in [-0.15, -0.1) is 10.2 Å². The summed E-state index contributed by atoms with van der Waals surface area (Å²) in [5.41, 5.74) is 0. The van der Waals surface area contributed by atoms with Crippen LogP contribution in [0.15, 0.2) is 0 Å². The normalized spacial score (nSPS) is 13.7. The molecule has 68 valence electrons. The van der Waals surface area contributed by atoms with Crippen molar-refractivity contribution in [1.82, 2.24) is 20.6 Å². The first-order chi connectivity index (χ1) is 5.68. The first-order valence-electron chi connectivity index (χ1n) is 4.40. The van der Waals surface area contributed by atoms with Crippen LogP contribution in [0.5, 0.6) is 0 Å². The Morgan fingerprint density at radius 1 is 1.33 bits per heavy atom. The summed E-state index contributed by atoms with van der Waals surface area (Å²) < 4.78 is 0. The van der Waals surface area contributed by atoms with Crippen molar-refractivity contribution in [3.05, 3.63) is 5.82 Å². The second kappa shape index (κ2) is 4.18. The second-order valence-corrected chi connectivity index (χ2v) is 3.77. The van der Waals surface area contributed by atoms with Crippen molar-refractivity contribution in [2.75, 3.05) is 0 Å². The molecule has 0 aromatic carbocycles. The van der Waals surface area contributed by atoms with Crippen LogP contribution in [-0.4, -0.2) is 20.6 Å². The Labute approximate surface area is 72.8 Å². The number of nitrogens with one attached hydrogen (secondary N) is 1. The standard InChI is InChI=1S/C8H16N4/c1-6(2)4-7(3)5-8-9-11-12-10-8/h6-7H,4-5H2,1-3H3,(H,9,10,11,12). The van der Waals surface area contributed by atoms with Gasteiger partial charge in [-0.1, -0.05) is 26.0 Å². The minimum atomic E-state index is 0.641. The zero-order chi connectivity index (χ0) is 8.97. The van der Waals surface area contributed by atoms with Crippen LogP contribution in [0.4, 0.5) is 0 Å². The van der Waals surface area contributed by atoms with E-state index in [1.54, 1.807) is 0 Å². The number of hydrogen-bond acceptors (Lipinski definition) is 3. The molecule has 0 radical (unpaired) electrons. The van der Waals surface area contributed by atoms with Gasteiger partial charge in [0, 0.05) is 6.42 Å². The number of tetrazole rings is 1. The van der Waals surface area contributed by atoms with Crippen LogP contribution in [0.3, 0.4) is 0 Å². The first-order valence-corrected chi connectivity index (χ1v) is 4.40. The third-order valence-corrected chi connectivity index (χ3v) is 1.79. The van der Waals surface area contributed by atoms with Crippen molar-refractivity contribution in [2.24, 2.45) is 11.8 Å². The lowest BCUT2D eigenvalue weighted by atomic mass is 9.96. The van der Waals surface area contributed by atoms with Gasteiger partial charge in [0.1, 0.15) is 0 Å². The van der Waals surface area contributed by atoms with Crippen molar-refractivity contribution >= 4 is 0 Å². The smallest absolute Gasteiger partial charge is 0.174 e. The molecule has 0 spiro atoms. The number of hydrogen-bond donors (Lipinski definition) is 1. The largest absolute Gasteiger partial charge is 0.177 e. The number of H-pyrrole nitrogens is 1. The fourth-order valence-corrected chi connectivity index (χ4v) is 1.47. The predicted molar refractivity (Wildman–Crippen MR) is 46.5 cm³/mol. The lowest BCUT2D eigenvalue weighted by molar-refractivity contribution is 0.430. The molecule has 0 fully saturated rings. The third kappa shape index (κ3) is 2.98. The number of aromatic nitrogens is 4. The van der Waals surface area contributed by atoms with Gasteiger partial charge in [0.25, 0.3) is 0 Å². The summed E-state index contributed by atoms with van der Waals surface area (Å²) in [4.78, 5) is 0. The Balaban J connectivity index is 2.32. The summed E-state index contributed by atoms with van der Waals surface area (Å²) in [5, 5.41) is 13.8. The van der Waals surface area contributed by atoms with Gasteiger partial charge in [-0.25, -0.2) is 0 Å². The second-order valence-electron chi connectivity index (χ2n) is 3.77. The molecule has 0 aliphatic heterocycles. The van der Waals surface area contributed by atoms with E-state index in [4.69, 9.17) is 0 Å².